The van der Waals surface area contributed by atoms with Crippen molar-refractivity contribution in [3.05, 3.63) is 75.8 Å². The molecule has 9 heteroatoms. The number of carbonyl (C=O) groups is 2. The van der Waals surface area contributed by atoms with Crippen LogP contribution in [0.15, 0.2) is 60.1 Å². The number of nitrogens with two attached hydrogens (primary N) is 1. The monoisotopic (exact) mass is 510 g/mol. The number of fused-ring (bicyclic) bond motifs is 1. The molecule has 1 aliphatic carbocycles. The molecule has 0 bridgehead atoms. The molecular weight excluding hydrogens is 487 g/mol. The van der Waals surface area contributed by atoms with Crippen molar-refractivity contribution in [2.45, 2.75) is 38.3 Å². The van der Waals surface area contributed by atoms with Crippen molar-refractivity contribution in [3.63, 3.8) is 0 Å². The van der Waals surface area contributed by atoms with Gasteiger partial charge in [-0.2, -0.15) is 0 Å². The lowest BCUT2D eigenvalue weighted by atomic mass is 9.70. The van der Waals surface area contributed by atoms with Crippen LogP contribution in [0.2, 0.25) is 10.2 Å². The second-order valence-electron chi connectivity index (χ2n) is 8.67. The molecule has 2 aliphatic rings. The highest BCUT2D eigenvalue weighted by Crippen LogP contribution is 2.49. The van der Waals surface area contributed by atoms with Crippen molar-refractivity contribution in [3.8, 4) is 0 Å². The number of Topliss-reactive ketones (excluding diaryl/α,β-unsaturated/α-hetero) is 1. The van der Waals surface area contributed by atoms with E-state index in [1.54, 1.807) is 43.6 Å². The molecule has 0 radical (unpaired) electrons. The van der Waals surface area contributed by atoms with Crippen molar-refractivity contribution in [2.24, 2.45) is 11.7 Å². The fourth-order valence-electron chi connectivity index (χ4n) is 5.21. The maximum absolute atomic E-state index is 13.5. The van der Waals surface area contributed by atoms with Gasteiger partial charge in [0, 0.05) is 40.2 Å². The lowest BCUT2D eigenvalue weighted by Crippen LogP contribution is -2.57. The van der Waals surface area contributed by atoms with E-state index in [-0.39, 0.29) is 17.5 Å². The third-order valence-electron chi connectivity index (χ3n) is 6.63. The Hall–Kier alpha value is -3.00. The zero-order valence-corrected chi connectivity index (χ0v) is 20.6. The third kappa shape index (κ3) is 4.18. The molecule has 0 saturated carbocycles. The number of hydrogen-bond acceptors (Lipinski definition) is 7. The largest absolute Gasteiger partial charge is 0.466 e. The van der Waals surface area contributed by atoms with Gasteiger partial charge in [-0.25, -0.2) is 4.98 Å². The van der Waals surface area contributed by atoms with Crippen LogP contribution in [0.4, 0.5) is 5.69 Å². The number of aromatic nitrogens is 2. The Morgan fingerprint density at radius 3 is 2.80 bits per heavy atom. The van der Waals surface area contributed by atoms with Gasteiger partial charge in [-0.15, -0.1) is 0 Å². The summed E-state index contributed by atoms with van der Waals surface area (Å²) < 4.78 is 5.47. The Balaban J connectivity index is 1.78. The second-order valence-corrected chi connectivity index (χ2v) is 9.46. The van der Waals surface area contributed by atoms with Crippen molar-refractivity contribution < 1.29 is 14.3 Å². The summed E-state index contributed by atoms with van der Waals surface area (Å²) in [5.41, 5.74) is 10.1. The van der Waals surface area contributed by atoms with E-state index in [1.165, 1.54) is 0 Å². The summed E-state index contributed by atoms with van der Waals surface area (Å²) in [4.78, 5) is 37.5. The number of pyridine rings is 2. The highest BCUT2D eigenvalue weighted by Gasteiger charge is 2.50. The van der Waals surface area contributed by atoms with Crippen LogP contribution in [0.3, 0.4) is 0 Å². The fraction of sp³-hybridized carbons (Fsp3) is 0.308. The maximum Gasteiger partial charge on any atom is 0.313 e. The minimum absolute atomic E-state index is 0.0337. The van der Waals surface area contributed by atoms with Gasteiger partial charge in [0.05, 0.1) is 30.2 Å². The van der Waals surface area contributed by atoms with Crippen molar-refractivity contribution in [1.29, 1.82) is 0 Å². The Kier molecular flexibility index (Phi) is 6.49. The molecule has 180 valence electrons. The molecule has 1 aliphatic heterocycles. The predicted molar refractivity (Wildman–Crippen MR) is 135 cm³/mol. The van der Waals surface area contributed by atoms with E-state index in [0.717, 1.165) is 11.1 Å². The minimum atomic E-state index is -0.896. The van der Waals surface area contributed by atoms with E-state index in [2.05, 4.69) is 9.97 Å². The molecule has 0 spiro atoms. The Morgan fingerprint density at radius 1 is 1.23 bits per heavy atom. The van der Waals surface area contributed by atoms with Crippen LogP contribution in [-0.2, 0) is 14.3 Å². The van der Waals surface area contributed by atoms with E-state index in [1.807, 2.05) is 17.0 Å². The molecule has 5 rings (SSSR count). The van der Waals surface area contributed by atoms with Gasteiger partial charge < -0.3 is 15.4 Å². The zero-order valence-electron chi connectivity index (χ0n) is 19.1. The van der Waals surface area contributed by atoms with Gasteiger partial charge in [-0.05, 0) is 61.7 Å². The molecule has 2 aromatic heterocycles. The average Bonchev–Trinajstić information content (AvgIpc) is 2.84. The minimum Gasteiger partial charge on any atom is -0.466 e. The summed E-state index contributed by atoms with van der Waals surface area (Å²) in [6.07, 6.45) is 4.25. The van der Waals surface area contributed by atoms with Crippen LogP contribution in [0.5, 0.6) is 0 Å². The lowest BCUT2D eigenvalue weighted by molar-refractivity contribution is -0.149. The molecule has 0 saturated heterocycles. The van der Waals surface area contributed by atoms with Gasteiger partial charge >= 0.3 is 5.97 Å². The summed E-state index contributed by atoms with van der Waals surface area (Å²) in [5.74, 6) is -2.13. The molecule has 2 N–H and O–H groups in total. The summed E-state index contributed by atoms with van der Waals surface area (Å²) in [6.45, 7) is 1.92. The van der Waals surface area contributed by atoms with Crippen molar-refractivity contribution in [1.82, 2.24) is 9.97 Å². The van der Waals surface area contributed by atoms with Gasteiger partial charge in [0.25, 0.3) is 0 Å². The van der Waals surface area contributed by atoms with E-state index in [9.17, 15) is 9.59 Å². The fourth-order valence-corrected chi connectivity index (χ4v) is 5.66. The number of rotatable bonds is 4. The first-order chi connectivity index (χ1) is 16.9. The summed E-state index contributed by atoms with van der Waals surface area (Å²) in [5, 5.41) is 1.52. The molecule has 3 unspecified atom stereocenters. The topological polar surface area (TPSA) is 98.4 Å². The third-order valence-corrected chi connectivity index (χ3v) is 7.17. The first-order valence-corrected chi connectivity index (χ1v) is 12.3. The van der Waals surface area contributed by atoms with Gasteiger partial charge in [-0.3, -0.25) is 14.6 Å². The van der Waals surface area contributed by atoms with Gasteiger partial charge in [0.1, 0.15) is 11.1 Å². The van der Waals surface area contributed by atoms with Crippen LogP contribution in [-0.4, -0.2) is 34.5 Å². The Labute approximate surface area is 212 Å². The van der Waals surface area contributed by atoms with Crippen LogP contribution in [0.25, 0.3) is 10.9 Å². The summed E-state index contributed by atoms with van der Waals surface area (Å²) in [6, 6.07) is 10.8. The summed E-state index contributed by atoms with van der Waals surface area (Å²) in [7, 11) is 0. The number of nitrogens with zero attached hydrogens (tertiary/aromatic N) is 3. The number of esters is 1. The first-order valence-electron chi connectivity index (χ1n) is 11.5. The molecule has 35 heavy (non-hydrogen) atoms. The van der Waals surface area contributed by atoms with Crippen LogP contribution < -0.4 is 10.6 Å². The van der Waals surface area contributed by atoms with Gasteiger partial charge in [0.2, 0.25) is 0 Å². The maximum atomic E-state index is 13.5. The Morgan fingerprint density at radius 2 is 2.06 bits per heavy atom. The van der Waals surface area contributed by atoms with Crippen molar-refractivity contribution in [2.75, 3.05) is 11.5 Å². The van der Waals surface area contributed by atoms with Crippen LogP contribution in [0.1, 0.15) is 37.7 Å². The number of allylic oxidation sites excluding steroid dienone is 2. The summed E-state index contributed by atoms with van der Waals surface area (Å²) >= 11 is 12.9. The quantitative estimate of drug-likeness (QED) is 0.388. The number of carbonyl (C=O) groups excluding carboxylic acids is 2. The standard InChI is InChI=1S/C26H24Cl2N4O3/c1-2-35-26(34)23-21(17-12-14-11-15(27)8-9-18(14)31-24(17)28)22-19(6-3-7-20(22)33)32(25(23)29)16-5-4-10-30-13-16/h4-5,8-13,21,23,25H,2-3,6-7,29H2,1H3. The average molecular weight is 511 g/mol. The van der Waals surface area contributed by atoms with Gasteiger partial charge in [0.15, 0.2) is 5.78 Å². The Bertz CT molecular complexity index is 1350. The van der Waals surface area contributed by atoms with Crippen LogP contribution >= 0.6 is 23.2 Å². The molecule has 1 aromatic carbocycles. The van der Waals surface area contributed by atoms with Crippen molar-refractivity contribution >= 4 is 51.5 Å². The predicted octanol–water partition coefficient (Wildman–Crippen LogP) is 5.01. The van der Waals surface area contributed by atoms with E-state index in [0.29, 0.717) is 46.6 Å². The normalized spacial score (nSPS) is 22.3. The highest BCUT2D eigenvalue weighted by molar-refractivity contribution is 6.32. The molecule has 7 nitrogen and oxygen atoms in total. The SMILES string of the molecule is CCOC(=O)C1C(c2cc3cc(Cl)ccc3nc2Cl)C2=C(CCCC2=O)N(c2cccnc2)C1N. The van der Waals surface area contributed by atoms with E-state index >= 15 is 0 Å². The molecule has 3 atom stereocenters. The van der Waals surface area contributed by atoms with E-state index in [4.69, 9.17) is 33.7 Å². The molecule has 0 amide bonds. The number of ketones is 1. The molecular formula is C26H24Cl2N4O3. The smallest absolute Gasteiger partial charge is 0.313 e. The zero-order chi connectivity index (χ0) is 24.7. The number of ether oxygens (including phenoxy) is 1. The van der Waals surface area contributed by atoms with E-state index < -0.39 is 24.0 Å². The molecule has 0 fully saturated rings. The molecule has 3 aromatic rings. The number of anilines is 1. The number of hydrogen-bond donors (Lipinski definition) is 1. The number of halogens is 2. The first kappa shape index (κ1) is 23.7. The highest BCUT2D eigenvalue weighted by atomic mass is 35.5. The number of benzene rings is 1. The second kappa shape index (κ2) is 9.57. The van der Waals surface area contributed by atoms with Gasteiger partial charge in [-0.1, -0.05) is 23.2 Å². The molecule has 3 heterocycles. The van der Waals surface area contributed by atoms with Crippen LogP contribution in [0, 0.1) is 5.92 Å². The lowest BCUT2D eigenvalue weighted by Gasteiger charge is -2.47.